The van der Waals surface area contributed by atoms with Crippen molar-refractivity contribution in [2.75, 3.05) is 33.7 Å². The van der Waals surface area contributed by atoms with Gasteiger partial charge >= 0.3 is 0 Å². The number of carbonyl (C=O) groups excluding carboxylic acids is 1. The van der Waals surface area contributed by atoms with E-state index in [0.717, 1.165) is 5.56 Å². The summed E-state index contributed by atoms with van der Waals surface area (Å²) < 4.78 is 19.7. The van der Waals surface area contributed by atoms with Gasteiger partial charge in [-0.25, -0.2) is 9.38 Å². The number of likely N-dealkylation sites (N-methyl/N-ethyl adjacent to an activating group) is 2. The summed E-state index contributed by atoms with van der Waals surface area (Å²) in [6, 6.07) is 13.8. The lowest BCUT2D eigenvalue weighted by Crippen LogP contribution is -2.33. The summed E-state index contributed by atoms with van der Waals surface area (Å²) in [5.74, 6) is 1.28. The molecule has 7 heteroatoms. The Morgan fingerprint density at radius 2 is 2.00 bits per heavy atom. The predicted octanol–water partition coefficient (Wildman–Crippen LogP) is 3.84. The fraction of sp³-hybridized carbons (Fsp3) is 0.231. The van der Waals surface area contributed by atoms with E-state index in [0.29, 0.717) is 54.6 Å². The highest BCUT2D eigenvalue weighted by molar-refractivity contribution is 5.97. The third-order valence-electron chi connectivity index (χ3n) is 5.30. The summed E-state index contributed by atoms with van der Waals surface area (Å²) in [6.45, 7) is 9.58. The average molecular weight is 449 g/mol. The summed E-state index contributed by atoms with van der Waals surface area (Å²) in [4.78, 5) is 20.7. The van der Waals surface area contributed by atoms with Crippen molar-refractivity contribution in [1.82, 2.24) is 15.1 Å². The summed E-state index contributed by atoms with van der Waals surface area (Å²) in [5.41, 5.74) is 2.06. The lowest BCUT2D eigenvalue weighted by molar-refractivity contribution is -0.127. The van der Waals surface area contributed by atoms with Crippen LogP contribution in [0.1, 0.15) is 11.1 Å². The van der Waals surface area contributed by atoms with Crippen molar-refractivity contribution >= 4 is 18.4 Å². The van der Waals surface area contributed by atoms with Gasteiger partial charge in [-0.2, -0.15) is 0 Å². The van der Waals surface area contributed by atoms with Gasteiger partial charge in [-0.1, -0.05) is 36.9 Å². The van der Waals surface area contributed by atoms with E-state index in [1.807, 2.05) is 49.3 Å². The van der Waals surface area contributed by atoms with Gasteiger partial charge in [0.15, 0.2) is 0 Å². The lowest BCUT2D eigenvalue weighted by atomic mass is 10.1. The Hall–Kier alpha value is -3.71. The molecule has 33 heavy (non-hydrogen) atoms. The molecule has 0 bridgehead atoms. The number of benzene rings is 2. The van der Waals surface area contributed by atoms with Crippen molar-refractivity contribution in [3.8, 4) is 5.75 Å². The largest absolute Gasteiger partial charge is 0.457 e. The number of nitrogens with zero attached hydrogens (tertiary/aromatic N) is 3. The van der Waals surface area contributed by atoms with E-state index in [2.05, 4.69) is 23.6 Å². The minimum absolute atomic E-state index is 0.125. The Balaban J connectivity index is 1.75. The third-order valence-corrected chi connectivity index (χ3v) is 5.30. The molecule has 0 unspecified atom stereocenters. The van der Waals surface area contributed by atoms with Gasteiger partial charge in [0.05, 0.1) is 5.57 Å². The zero-order chi connectivity index (χ0) is 23.8. The summed E-state index contributed by atoms with van der Waals surface area (Å²) >= 11 is 0. The number of nitrogens with one attached hydrogen (secondary N) is 1. The summed E-state index contributed by atoms with van der Waals surface area (Å²) in [7, 11) is 3.71. The van der Waals surface area contributed by atoms with Crippen LogP contribution in [0.3, 0.4) is 0 Å². The minimum Gasteiger partial charge on any atom is -0.457 e. The van der Waals surface area contributed by atoms with Gasteiger partial charge in [0, 0.05) is 38.8 Å². The lowest BCUT2D eigenvalue weighted by Gasteiger charge is -2.22. The first-order valence-corrected chi connectivity index (χ1v) is 10.7. The Kier molecular flexibility index (Phi) is 8.16. The maximum atomic E-state index is 13.7. The second kappa shape index (κ2) is 11.2. The predicted molar refractivity (Wildman–Crippen MR) is 130 cm³/mol. The van der Waals surface area contributed by atoms with Crippen LogP contribution in [0.2, 0.25) is 0 Å². The number of hydrogen-bond donors (Lipinski definition) is 1. The maximum Gasteiger partial charge on any atom is 0.257 e. The summed E-state index contributed by atoms with van der Waals surface area (Å²) in [6.07, 6.45) is 3.40. The van der Waals surface area contributed by atoms with Gasteiger partial charge in [0.25, 0.3) is 5.91 Å². The van der Waals surface area contributed by atoms with Crippen LogP contribution in [0.15, 0.2) is 83.6 Å². The van der Waals surface area contributed by atoms with Crippen molar-refractivity contribution in [2.24, 2.45) is 4.99 Å². The van der Waals surface area contributed by atoms with Crippen LogP contribution in [0.4, 0.5) is 4.39 Å². The molecule has 1 amide bonds. The molecule has 1 aliphatic rings. The standard InChI is InChI=1S/C26H29FN4O2/c1-5-23-25(29-3)30(4)15-16-31(26(23)32)18-19-9-11-22(12-10-19)33-24(13-14-28-2)20-7-6-8-21(27)17-20/h5-13,17,28H,1,3,14-16,18H2,2,4H3/b24-13-. The molecule has 3 rings (SSSR count). The van der Waals surface area contributed by atoms with E-state index in [1.54, 1.807) is 17.0 Å². The number of aliphatic imine (C=N–C) groups is 1. The van der Waals surface area contributed by atoms with E-state index < -0.39 is 0 Å². The molecule has 0 aliphatic carbocycles. The molecular weight excluding hydrogens is 419 g/mol. The van der Waals surface area contributed by atoms with Gasteiger partial charge in [0.1, 0.15) is 23.1 Å². The molecule has 6 nitrogen and oxygen atoms in total. The van der Waals surface area contributed by atoms with Crippen molar-refractivity contribution in [3.05, 3.63) is 95.6 Å². The molecule has 0 spiro atoms. The average Bonchev–Trinajstić information content (AvgIpc) is 2.93. The maximum absolute atomic E-state index is 13.7. The number of carbonyl (C=O) groups is 1. The molecule has 1 N–H and O–H groups in total. The van der Waals surface area contributed by atoms with Crippen molar-refractivity contribution < 1.29 is 13.9 Å². The highest BCUT2D eigenvalue weighted by Gasteiger charge is 2.25. The molecule has 0 saturated carbocycles. The molecule has 0 saturated heterocycles. The molecule has 0 atom stereocenters. The number of amides is 1. The molecular formula is C26H29FN4O2. The molecule has 1 heterocycles. The summed E-state index contributed by atoms with van der Waals surface area (Å²) in [5, 5.41) is 3.04. The van der Waals surface area contributed by atoms with Gasteiger partial charge < -0.3 is 19.9 Å². The smallest absolute Gasteiger partial charge is 0.257 e. The molecule has 0 aromatic heterocycles. The molecule has 1 aliphatic heterocycles. The first kappa shape index (κ1) is 23.9. The second-order valence-corrected chi connectivity index (χ2v) is 7.63. The van der Waals surface area contributed by atoms with E-state index in [9.17, 15) is 9.18 Å². The van der Waals surface area contributed by atoms with E-state index in [1.165, 1.54) is 18.2 Å². The zero-order valence-corrected chi connectivity index (χ0v) is 19.1. The van der Waals surface area contributed by atoms with Gasteiger partial charge in [0.2, 0.25) is 0 Å². The van der Waals surface area contributed by atoms with E-state index in [4.69, 9.17) is 4.74 Å². The highest BCUT2D eigenvalue weighted by atomic mass is 19.1. The fourth-order valence-corrected chi connectivity index (χ4v) is 3.55. The number of rotatable bonds is 9. The molecule has 2 aromatic carbocycles. The Bertz CT molecular complexity index is 1080. The second-order valence-electron chi connectivity index (χ2n) is 7.63. The quantitative estimate of drug-likeness (QED) is 0.468. The Labute approximate surface area is 194 Å². The van der Waals surface area contributed by atoms with Gasteiger partial charge in [-0.3, -0.25) is 4.79 Å². The monoisotopic (exact) mass is 448 g/mol. The van der Waals surface area contributed by atoms with Crippen LogP contribution in [-0.2, 0) is 11.3 Å². The molecule has 172 valence electrons. The topological polar surface area (TPSA) is 57.2 Å². The van der Waals surface area contributed by atoms with Gasteiger partial charge in [-0.05, 0) is 49.7 Å². The van der Waals surface area contributed by atoms with Crippen LogP contribution in [-0.4, -0.2) is 56.2 Å². The minimum atomic E-state index is -0.322. The molecule has 0 radical (unpaired) electrons. The van der Waals surface area contributed by atoms with Crippen LogP contribution >= 0.6 is 0 Å². The van der Waals surface area contributed by atoms with Crippen molar-refractivity contribution in [3.63, 3.8) is 0 Å². The first-order chi connectivity index (χ1) is 16.0. The van der Waals surface area contributed by atoms with Gasteiger partial charge in [-0.15, -0.1) is 0 Å². The Morgan fingerprint density at radius 1 is 1.24 bits per heavy atom. The SMILES string of the molecule is C=CC1=C(N=C)N(C)CCN(Cc2ccc(O/C(=C\CNC)c3cccc(F)c3)cc2)C1=O. The van der Waals surface area contributed by atoms with Crippen LogP contribution in [0.5, 0.6) is 5.75 Å². The number of halogens is 1. The number of ether oxygens (including phenoxy) is 1. The normalized spacial score (nSPS) is 14.9. The fourth-order valence-electron chi connectivity index (χ4n) is 3.55. The van der Waals surface area contributed by atoms with Crippen molar-refractivity contribution in [2.45, 2.75) is 6.54 Å². The third kappa shape index (κ3) is 5.96. The van der Waals surface area contributed by atoms with Crippen LogP contribution < -0.4 is 10.1 Å². The Morgan fingerprint density at radius 3 is 2.64 bits per heavy atom. The van der Waals surface area contributed by atoms with E-state index in [-0.39, 0.29) is 11.7 Å². The van der Waals surface area contributed by atoms with Crippen LogP contribution in [0, 0.1) is 5.82 Å². The molecule has 2 aromatic rings. The van der Waals surface area contributed by atoms with E-state index >= 15 is 0 Å². The first-order valence-electron chi connectivity index (χ1n) is 10.7. The van der Waals surface area contributed by atoms with Crippen LogP contribution in [0.25, 0.3) is 5.76 Å². The zero-order valence-electron chi connectivity index (χ0n) is 19.1. The number of hydrogen-bond acceptors (Lipinski definition) is 5. The molecule has 0 fully saturated rings. The van der Waals surface area contributed by atoms with Crippen molar-refractivity contribution in [1.29, 1.82) is 0 Å². The highest BCUT2D eigenvalue weighted by Crippen LogP contribution is 2.24.